The Labute approximate surface area is 112 Å². The van der Waals surface area contributed by atoms with Gasteiger partial charge in [0.2, 0.25) is 0 Å². The molecule has 0 aliphatic rings. The topological polar surface area (TPSA) is 94.8 Å². The molecule has 0 atom stereocenters. The van der Waals surface area contributed by atoms with Crippen LogP contribution in [0.4, 0.5) is 0 Å². The number of phenols is 1. The summed E-state index contributed by atoms with van der Waals surface area (Å²) in [7, 11) is 0. The molecule has 72 valence electrons. The van der Waals surface area contributed by atoms with Crippen molar-refractivity contribution < 1.29 is 65.5 Å². The van der Waals surface area contributed by atoms with E-state index >= 15 is 0 Å². The molecule has 3 N–H and O–H groups in total. The van der Waals surface area contributed by atoms with Crippen molar-refractivity contribution in [2.24, 2.45) is 0 Å². The number of carboxylic acid groups (broad SMARTS) is 2. The molecule has 0 spiro atoms. The first-order valence-electron chi connectivity index (χ1n) is 3.32. The Morgan fingerprint density at radius 1 is 1.07 bits per heavy atom. The minimum Gasteiger partial charge on any atom is -1.00 e. The third-order valence-corrected chi connectivity index (χ3v) is 1.48. The van der Waals surface area contributed by atoms with E-state index in [4.69, 9.17) is 15.3 Å². The summed E-state index contributed by atoms with van der Waals surface area (Å²) in [4.78, 5) is 20.8. The van der Waals surface area contributed by atoms with Crippen molar-refractivity contribution in [1.29, 1.82) is 0 Å². The minimum atomic E-state index is -1.30. The summed E-state index contributed by atoms with van der Waals surface area (Å²) in [5.41, 5.74) is -0.465. The second-order valence-corrected chi connectivity index (χ2v) is 2.34. The van der Waals surface area contributed by atoms with Gasteiger partial charge in [-0.15, -0.1) is 0 Å². The molecule has 0 saturated heterocycles. The average molecular weight is 198 g/mol. The number of hydrogen-bond donors (Lipinski definition) is 3. The minimum absolute atomic E-state index is 0. The van der Waals surface area contributed by atoms with Crippen LogP contribution in [0.15, 0.2) is 18.2 Å². The number of hydrogen-bond acceptors (Lipinski definition) is 3. The Morgan fingerprint density at radius 3 is 1.93 bits per heavy atom. The summed E-state index contributed by atoms with van der Waals surface area (Å²) in [5.74, 6) is -3.06. The Bertz CT molecular complexity index is 386. The monoisotopic (exact) mass is 198 g/mol. The van der Waals surface area contributed by atoms with Gasteiger partial charge in [0.15, 0.2) is 0 Å². The van der Waals surface area contributed by atoms with Gasteiger partial charge in [-0.1, -0.05) is 0 Å². The van der Waals surface area contributed by atoms with Crippen LogP contribution < -0.4 is 37.7 Å². The second-order valence-electron chi connectivity index (χ2n) is 2.34. The zero-order valence-corrected chi connectivity index (χ0v) is 8.39. The summed E-state index contributed by atoms with van der Waals surface area (Å²) in [6.45, 7) is 0. The fourth-order valence-electron chi connectivity index (χ4n) is 0.846. The average Bonchev–Trinajstić information content (AvgIpc) is 2.03. The quantitative estimate of drug-likeness (QED) is 0.414. The molecule has 0 aliphatic carbocycles. The first-order valence-corrected chi connectivity index (χ1v) is 3.32. The molecule has 5 nitrogen and oxygen atoms in total. The van der Waals surface area contributed by atoms with E-state index in [9.17, 15) is 9.59 Å². The molecule has 0 radical (unpaired) electrons. The van der Waals surface area contributed by atoms with Crippen LogP contribution in [0.2, 0.25) is 0 Å². The van der Waals surface area contributed by atoms with Crippen molar-refractivity contribution in [3.8, 4) is 5.75 Å². The van der Waals surface area contributed by atoms with Crippen LogP contribution in [-0.4, -0.2) is 27.3 Å². The number of carbonyl (C=O) groups is 2. The van der Waals surface area contributed by atoms with Gasteiger partial charge in [-0.3, -0.25) is 0 Å². The molecular formula is C8H8Li2O5. The number of aromatic carboxylic acids is 2. The van der Waals surface area contributed by atoms with Crippen molar-refractivity contribution in [3.05, 3.63) is 29.3 Å². The number of carboxylic acids is 2. The fraction of sp³-hybridized carbons (Fsp3) is 0. The second kappa shape index (κ2) is 6.60. The molecule has 0 aliphatic heterocycles. The van der Waals surface area contributed by atoms with Gasteiger partial charge < -0.3 is 18.2 Å². The summed E-state index contributed by atoms with van der Waals surface area (Å²) >= 11 is 0. The molecule has 0 fully saturated rings. The van der Waals surface area contributed by atoms with Crippen LogP contribution in [0.25, 0.3) is 0 Å². The van der Waals surface area contributed by atoms with Gasteiger partial charge in [0.1, 0.15) is 11.3 Å². The van der Waals surface area contributed by atoms with E-state index in [1.807, 2.05) is 0 Å². The van der Waals surface area contributed by atoms with E-state index < -0.39 is 17.7 Å². The predicted octanol–water partition coefficient (Wildman–Crippen LogP) is -4.98. The van der Waals surface area contributed by atoms with Gasteiger partial charge in [0, 0.05) is 0 Å². The first kappa shape index (κ1) is 16.6. The zero-order chi connectivity index (χ0) is 10.0. The van der Waals surface area contributed by atoms with Crippen LogP contribution in [0.1, 0.15) is 23.6 Å². The van der Waals surface area contributed by atoms with Gasteiger partial charge in [-0.05, 0) is 18.2 Å². The molecule has 1 aromatic rings. The molecule has 0 bridgehead atoms. The standard InChI is InChI=1S/C8H6O5.2Li.2H/c9-6-3-4(7(10)11)1-2-5(6)8(12)13;;;;/h1-3,9H,(H,10,11)(H,12,13);;;;/q;2*+1;2*-1. The molecule has 0 amide bonds. The van der Waals surface area contributed by atoms with E-state index in [-0.39, 0.29) is 51.7 Å². The molecule has 0 aromatic heterocycles. The summed E-state index contributed by atoms with van der Waals surface area (Å²) in [6.07, 6.45) is 0. The van der Waals surface area contributed by atoms with Crippen molar-refractivity contribution in [2.45, 2.75) is 0 Å². The fourth-order valence-corrected chi connectivity index (χ4v) is 0.846. The van der Waals surface area contributed by atoms with E-state index in [1.165, 1.54) is 0 Å². The van der Waals surface area contributed by atoms with Gasteiger partial charge in [0.25, 0.3) is 0 Å². The Hall–Kier alpha value is -0.845. The van der Waals surface area contributed by atoms with Crippen LogP contribution >= 0.6 is 0 Å². The van der Waals surface area contributed by atoms with Crippen molar-refractivity contribution in [1.82, 2.24) is 0 Å². The Morgan fingerprint density at radius 2 is 1.60 bits per heavy atom. The Balaban J connectivity index is -0.000000211. The van der Waals surface area contributed by atoms with Gasteiger partial charge in [-0.25, -0.2) is 9.59 Å². The molecule has 0 heterocycles. The summed E-state index contributed by atoms with van der Waals surface area (Å²) in [6, 6.07) is 3.05. The molecule has 0 unspecified atom stereocenters. The molecular weight excluding hydrogens is 190 g/mol. The summed E-state index contributed by atoms with van der Waals surface area (Å²) < 4.78 is 0. The van der Waals surface area contributed by atoms with Crippen LogP contribution in [-0.2, 0) is 0 Å². The normalized spacial score (nSPS) is 8.27. The van der Waals surface area contributed by atoms with Gasteiger partial charge in [0.05, 0.1) is 5.56 Å². The Kier molecular flexibility index (Phi) is 7.30. The SMILES string of the molecule is O=C(O)c1ccc(C(=O)O)c(O)c1.[H-].[H-].[Li+].[Li+]. The molecule has 15 heavy (non-hydrogen) atoms. The largest absolute Gasteiger partial charge is 1.00 e. The smallest absolute Gasteiger partial charge is 1.00 e. The van der Waals surface area contributed by atoms with Crippen molar-refractivity contribution in [2.75, 3.05) is 0 Å². The van der Waals surface area contributed by atoms with Crippen LogP contribution in [0, 0.1) is 0 Å². The number of rotatable bonds is 2. The molecule has 7 heteroatoms. The van der Waals surface area contributed by atoms with Crippen LogP contribution in [0.3, 0.4) is 0 Å². The number of aromatic hydroxyl groups is 1. The molecule has 1 rings (SSSR count). The maximum absolute atomic E-state index is 10.4. The third-order valence-electron chi connectivity index (χ3n) is 1.48. The van der Waals surface area contributed by atoms with E-state index in [1.54, 1.807) is 0 Å². The van der Waals surface area contributed by atoms with Crippen molar-refractivity contribution >= 4 is 11.9 Å². The van der Waals surface area contributed by atoms with E-state index in [2.05, 4.69) is 0 Å². The maximum Gasteiger partial charge on any atom is 1.00 e. The first-order chi connectivity index (χ1) is 6.02. The maximum atomic E-state index is 10.4. The van der Waals surface area contributed by atoms with E-state index in [0.717, 1.165) is 18.2 Å². The third kappa shape index (κ3) is 4.03. The predicted molar refractivity (Wildman–Crippen MR) is 44.2 cm³/mol. The molecule has 0 saturated carbocycles. The molecule has 1 aromatic carbocycles. The summed E-state index contributed by atoms with van der Waals surface area (Å²) in [5, 5.41) is 26.0. The van der Waals surface area contributed by atoms with E-state index in [0.29, 0.717) is 0 Å². The van der Waals surface area contributed by atoms with Crippen molar-refractivity contribution in [3.63, 3.8) is 0 Å². The van der Waals surface area contributed by atoms with Gasteiger partial charge in [-0.2, -0.15) is 0 Å². The number of benzene rings is 1. The van der Waals surface area contributed by atoms with Crippen LogP contribution in [0.5, 0.6) is 5.75 Å². The zero-order valence-electron chi connectivity index (χ0n) is 10.4. The van der Waals surface area contributed by atoms with Gasteiger partial charge >= 0.3 is 49.7 Å².